The predicted molar refractivity (Wildman–Crippen MR) is 146 cm³/mol. The minimum Gasteiger partial charge on any atom is -0.356 e. The van der Waals surface area contributed by atoms with Crippen molar-refractivity contribution in [3.8, 4) is 0 Å². The summed E-state index contributed by atoms with van der Waals surface area (Å²) in [7, 11) is 0. The molecule has 1 aliphatic rings. The minimum absolute atomic E-state index is 0.0805. The van der Waals surface area contributed by atoms with Crippen molar-refractivity contribution in [2.75, 3.05) is 18.0 Å². The minimum atomic E-state index is -0.459. The third kappa shape index (κ3) is 6.08. The SMILES string of the molecule is CC(=O)C1(c2ccccc2)CCN(c2cc(Cl)nc(SCc3cccc(C(=O)NC(C)C)c3)n2)CC1. The number of nitrogens with zero attached hydrogens (tertiary/aromatic N) is 3. The van der Waals surface area contributed by atoms with Crippen LogP contribution in [0.15, 0.2) is 65.8 Å². The van der Waals surface area contributed by atoms with Gasteiger partial charge in [-0.25, -0.2) is 9.97 Å². The summed E-state index contributed by atoms with van der Waals surface area (Å²) >= 11 is 7.85. The van der Waals surface area contributed by atoms with Crippen molar-refractivity contribution in [3.05, 3.63) is 82.5 Å². The van der Waals surface area contributed by atoms with Crippen molar-refractivity contribution >= 4 is 40.9 Å². The van der Waals surface area contributed by atoms with Crippen LogP contribution < -0.4 is 10.2 Å². The molecule has 0 saturated carbocycles. The summed E-state index contributed by atoms with van der Waals surface area (Å²) in [6.07, 6.45) is 1.45. The Kier molecular flexibility index (Phi) is 8.32. The van der Waals surface area contributed by atoms with Crippen molar-refractivity contribution < 1.29 is 9.59 Å². The molecule has 8 heteroatoms. The highest BCUT2D eigenvalue weighted by molar-refractivity contribution is 7.98. The van der Waals surface area contributed by atoms with Crippen molar-refractivity contribution in [3.63, 3.8) is 0 Å². The zero-order chi connectivity index (χ0) is 25.7. The third-order valence-corrected chi connectivity index (χ3v) is 7.69. The normalized spacial score (nSPS) is 15.1. The summed E-state index contributed by atoms with van der Waals surface area (Å²) in [6, 6.07) is 19.5. The Balaban J connectivity index is 1.45. The molecule has 0 atom stereocenters. The highest BCUT2D eigenvalue weighted by atomic mass is 35.5. The fraction of sp³-hybridized carbons (Fsp3) is 0.357. The van der Waals surface area contributed by atoms with Crippen LogP contribution in [-0.4, -0.2) is 40.8 Å². The van der Waals surface area contributed by atoms with Crippen molar-refractivity contribution in [1.82, 2.24) is 15.3 Å². The second kappa shape index (κ2) is 11.4. The number of nitrogens with one attached hydrogen (secondary N) is 1. The lowest BCUT2D eigenvalue weighted by molar-refractivity contribution is -0.123. The summed E-state index contributed by atoms with van der Waals surface area (Å²) in [5, 5.41) is 3.89. The van der Waals surface area contributed by atoms with Gasteiger partial charge in [-0.05, 0) is 56.9 Å². The topological polar surface area (TPSA) is 75.2 Å². The smallest absolute Gasteiger partial charge is 0.251 e. The van der Waals surface area contributed by atoms with Gasteiger partial charge in [0.25, 0.3) is 5.91 Å². The van der Waals surface area contributed by atoms with E-state index in [9.17, 15) is 9.59 Å². The fourth-order valence-corrected chi connectivity index (χ4v) is 5.65. The van der Waals surface area contributed by atoms with E-state index in [0.29, 0.717) is 34.7 Å². The average Bonchev–Trinajstić information content (AvgIpc) is 2.87. The van der Waals surface area contributed by atoms with Crippen LogP contribution in [0.3, 0.4) is 0 Å². The molecule has 2 aromatic carbocycles. The van der Waals surface area contributed by atoms with Gasteiger partial charge in [0.05, 0.1) is 5.41 Å². The Morgan fingerprint density at radius 1 is 1.06 bits per heavy atom. The average molecular weight is 523 g/mol. The number of amides is 1. The largest absolute Gasteiger partial charge is 0.356 e. The molecule has 0 spiro atoms. The number of ketones is 1. The van der Waals surface area contributed by atoms with Gasteiger partial charge in [0.15, 0.2) is 5.16 Å². The maximum Gasteiger partial charge on any atom is 0.251 e. The number of hydrogen-bond donors (Lipinski definition) is 1. The predicted octanol–water partition coefficient (Wildman–Crippen LogP) is 5.69. The molecular formula is C28H31ClN4O2S. The van der Waals surface area contributed by atoms with Crippen molar-refractivity contribution in [2.24, 2.45) is 0 Å². The number of carbonyl (C=O) groups is 2. The second-order valence-corrected chi connectivity index (χ2v) is 10.8. The van der Waals surface area contributed by atoms with Gasteiger partial charge < -0.3 is 10.2 Å². The van der Waals surface area contributed by atoms with E-state index in [1.165, 1.54) is 11.8 Å². The number of aromatic nitrogens is 2. The molecule has 3 aromatic rings. The van der Waals surface area contributed by atoms with Gasteiger partial charge in [-0.1, -0.05) is 65.8 Å². The van der Waals surface area contributed by atoms with Crippen molar-refractivity contribution in [2.45, 2.75) is 56.0 Å². The molecule has 0 unspecified atom stereocenters. The monoisotopic (exact) mass is 522 g/mol. The Hall–Kier alpha value is -2.90. The van der Waals surface area contributed by atoms with Gasteiger partial charge in [-0.2, -0.15) is 0 Å². The molecule has 1 fully saturated rings. The van der Waals surface area contributed by atoms with Crippen LogP contribution in [0.4, 0.5) is 5.82 Å². The quantitative estimate of drug-likeness (QED) is 0.233. The van der Waals surface area contributed by atoms with Gasteiger partial charge in [0.1, 0.15) is 16.8 Å². The second-order valence-electron chi connectivity index (χ2n) is 9.44. The highest BCUT2D eigenvalue weighted by Gasteiger charge is 2.40. The maximum atomic E-state index is 12.7. The molecule has 2 heterocycles. The Morgan fingerprint density at radius 3 is 2.44 bits per heavy atom. The molecule has 1 aliphatic heterocycles. The fourth-order valence-electron chi connectivity index (χ4n) is 4.63. The molecule has 1 saturated heterocycles. The zero-order valence-corrected chi connectivity index (χ0v) is 22.4. The summed E-state index contributed by atoms with van der Waals surface area (Å²) < 4.78 is 0. The summed E-state index contributed by atoms with van der Waals surface area (Å²) in [4.78, 5) is 36.4. The Bertz CT molecular complexity index is 1230. The van der Waals surface area contributed by atoms with Gasteiger partial charge in [0.2, 0.25) is 0 Å². The highest BCUT2D eigenvalue weighted by Crippen LogP contribution is 2.38. The van der Waals surface area contributed by atoms with E-state index < -0.39 is 5.41 Å². The first-order valence-corrected chi connectivity index (χ1v) is 13.5. The lowest BCUT2D eigenvalue weighted by Crippen LogP contribution is -2.47. The molecule has 1 N–H and O–H groups in total. The van der Waals surface area contributed by atoms with Crippen LogP contribution in [0, 0.1) is 0 Å². The van der Waals surface area contributed by atoms with Gasteiger partial charge >= 0.3 is 0 Å². The standard InChI is InChI=1S/C28H31ClN4O2S/c1-19(2)30-26(35)22-9-7-8-21(16-22)18-36-27-31-24(29)17-25(32-27)33-14-12-28(13-15-33,20(3)34)23-10-5-4-6-11-23/h4-11,16-17,19H,12-15,18H2,1-3H3,(H,30,35). The first kappa shape index (κ1) is 26.2. The molecule has 0 aliphatic carbocycles. The Labute approximate surface area is 221 Å². The van der Waals surface area contributed by atoms with Crippen LogP contribution in [0.2, 0.25) is 5.15 Å². The van der Waals surface area contributed by atoms with Crippen molar-refractivity contribution in [1.29, 1.82) is 0 Å². The number of hydrogen-bond acceptors (Lipinski definition) is 6. The van der Waals surface area contributed by atoms with E-state index in [4.69, 9.17) is 16.6 Å². The van der Waals surface area contributed by atoms with Crippen LogP contribution >= 0.6 is 23.4 Å². The molecular weight excluding hydrogens is 492 g/mol. The van der Waals surface area contributed by atoms with Gasteiger partial charge in [-0.3, -0.25) is 9.59 Å². The summed E-state index contributed by atoms with van der Waals surface area (Å²) in [6.45, 7) is 6.99. The number of Topliss-reactive ketones (excluding diaryl/α,β-unsaturated/α-hetero) is 1. The molecule has 188 valence electrons. The summed E-state index contributed by atoms with van der Waals surface area (Å²) in [5.41, 5.74) is 2.26. The van der Waals surface area contributed by atoms with E-state index in [2.05, 4.69) is 27.3 Å². The van der Waals surface area contributed by atoms with Gasteiger partial charge in [-0.15, -0.1) is 0 Å². The first-order chi connectivity index (χ1) is 17.3. The lowest BCUT2D eigenvalue weighted by Gasteiger charge is -2.41. The number of rotatable bonds is 8. The molecule has 0 radical (unpaired) electrons. The van der Waals surface area contributed by atoms with E-state index in [1.54, 1.807) is 13.0 Å². The van der Waals surface area contributed by atoms with Gasteiger partial charge in [0, 0.05) is 36.5 Å². The molecule has 36 heavy (non-hydrogen) atoms. The molecule has 0 bridgehead atoms. The number of carbonyl (C=O) groups excluding carboxylic acids is 2. The van der Waals surface area contributed by atoms with E-state index >= 15 is 0 Å². The lowest BCUT2D eigenvalue weighted by atomic mass is 9.70. The maximum absolute atomic E-state index is 12.7. The van der Waals surface area contributed by atoms with Crippen LogP contribution in [0.25, 0.3) is 0 Å². The van der Waals surface area contributed by atoms with E-state index in [-0.39, 0.29) is 17.7 Å². The van der Waals surface area contributed by atoms with Crippen LogP contribution in [-0.2, 0) is 16.0 Å². The number of piperidine rings is 1. The van der Waals surface area contributed by atoms with Crippen LogP contribution in [0.5, 0.6) is 0 Å². The molecule has 6 nitrogen and oxygen atoms in total. The third-order valence-electron chi connectivity index (χ3n) is 6.58. The molecule has 4 rings (SSSR count). The number of halogens is 1. The number of thioether (sulfide) groups is 1. The summed E-state index contributed by atoms with van der Waals surface area (Å²) in [5.74, 6) is 1.51. The van der Waals surface area contributed by atoms with E-state index in [0.717, 1.165) is 29.8 Å². The zero-order valence-electron chi connectivity index (χ0n) is 20.8. The first-order valence-electron chi connectivity index (χ1n) is 12.2. The van der Waals surface area contributed by atoms with Crippen LogP contribution in [0.1, 0.15) is 55.1 Å². The van der Waals surface area contributed by atoms with E-state index in [1.807, 2.05) is 56.3 Å². The Morgan fingerprint density at radius 2 is 1.78 bits per heavy atom. The molecule has 1 aromatic heterocycles. The number of benzene rings is 2. The number of anilines is 1. The molecule has 1 amide bonds.